The van der Waals surface area contributed by atoms with Crippen LogP contribution < -0.4 is 4.90 Å². The van der Waals surface area contributed by atoms with Crippen LogP contribution in [-0.4, -0.2) is 23.5 Å². The smallest absolute Gasteiger partial charge is 0.0906 e. The Morgan fingerprint density at radius 1 is 1.16 bits per heavy atom. The Bertz CT molecular complexity index is 475. The van der Waals surface area contributed by atoms with Gasteiger partial charge in [-0.15, -0.1) is 0 Å². The van der Waals surface area contributed by atoms with Crippen LogP contribution in [0, 0.1) is 5.92 Å². The van der Waals surface area contributed by atoms with Crippen molar-refractivity contribution in [1.29, 1.82) is 0 Å². The van der Waals surface area contributed by atoms with Gasteiger partial charge in [0.2, 0.25) is 0 Å². The molecule has 1 fully saturated rings. The highest BCUT2D eigenvalue weighted by atomic mass is 16.4. The van der Waals surface area contributed by atoms with Gasteiger partial charge in [0.25, 0.3) is 0 Å². The molecule has 1 aromatic rings. The molecule has 1 aliphatic heterocycles. The lowest BCUT2D eigenvalue weighted by atomic mass is 9.85. The zero-order valence-electron chi connectivity index (χ0n) is 11.5. The van der Waals surface area contributed by atoms with Gasteiger partial charge in [-0.2, -0.15) is 0 Å². The van der Waals surface area contributed by atoms with E-state index in [-0.39, 0.29) is 0 Å². The Labute approximate surface area is 114 Å². The molecule has 0 spiro atoms. The molecule has 0 radical (unpaired) electrons. The Morgan fingerprint density at radius 3 is 2.63 bits per heavy atom. The highest BCUT2D eigenvalue weighted by Crippen LogP contribution is 2.34. The molecule has 0 bridgehead atoms. The SMILES string of the molecule is CC1CCC(N2CCC(=NO)c3ccccc32)CC1. The summed E-state index contributed by atoms with van der Waals surface area (Å²) in [5.74, 6) is 0.880. The maximum atomic E-state index is 9.14. The van der Waals surface area contributed by atoms with Gasteiger partial charge in [-0.1, -0.05) is 30.3 Å². The van der Waals surface area contributed by atoms with Gasteiger partial charge in [0.1, 0.15) is 0 Å². The van der Waals surface area contributed by atoms with Crippen LogP contribution in [-0.2, 0) is 0 Å². The topological polar surface area (TPSA) is 35.8 Å². The molecule has 0 unspecified atom stereocenters. The molecule has 2 aliphatic rings. The van der Waals surface area contributed by atoms with Crippen LogP contribution in [0.15, 0.2) is 29.4 Å². The molecule has 0 aromatic heterocycles. The van der Waals surface area contributed by atoms with Crippen LogP contribution in [0.3, 0.4) is 0 Å². The van der Waals surface area contributed by atoms with E-state index < -0.39 is 0 Å². The van der Waals surface area contributed by atoms with Gasteiger partial charge >= 0.3 is 0 Å². The molecular formula is C16H22N2O. The number of anilines is 1. The van der Waals surface area contributed by atoms with E-state index in [0.717, 1.165) is 30.2 Å². The molecule has 3 heteroatoms. The van der Waals surface area contributed by atoms with Gasteiger partial charge in [-0.3, -0.25) is 0 Å². The maximum absolute atomic E-state index is 9.14. The average molecular weight is 258 g/mol. The average Bonchev–Trinajstić information content (AvgIpc) is 2.47. The minimum Gasteiger partial charge on any atom is -0.411 e. The minimum atomic E-state index is 0.664. The molecule has 1 saturated carbocycles. The third-order valence-electron chi connectivity index (χ3n) is 4.66. The summed E-state index contributed by atoms with van der Waals surface area (Å²) in [6, 6.07) is 9.01. The predicted octanol–water partition coefficient (Wildman–Crippen LogP) is 3.65. The van der Waals surface area contributed by atoms with Gasteiger partial charge in [0, 0.05) is 30.3 Å². The van der Waals surface area contributed by atoms with Crippen molar-refractivity contribution >= 4 is 11.4 Å². The number of para-hydroxylation sites is 1. The van der Waals surface area contributed by atoms with Crippen molar-refractivity contribution in [1.82, 2.24) is 0 Å². The lowest BCUT2D eigenvalue weighted by molar-refractivity contribution is 0.316. The Kier molecular flexibility index (Phi) is 3.45. The normalized spacial score (nSPS) is 29.3. The maximum Gasteiger partial charge on any atom is 0.0906 e. The summed E-state index contributed by atoms with van der Waals surface area (Å²) < 4.78 is 0. The first-order valence-corrected chi connectivity index (χ1v) is 7.36. The number of hydrogen-bond acceptors (Lipinski definition) is 3. The van der Waals surface area contributed by atoms with Gasteiger partial charge < -0.3 is 10.1 Å². The van der Waals surface area contributed by atoms with E-state index in [0.29, 0.717) is 6.04 Å². The number of hydrogen-bond donors (Lipinski definition) is 1. The second kappa shape index (κ2) is 5.24. The molecule has 0 amide bonds. The Morgan fingerprint density at radius 2 is 1.89 bits per heavy atom. The number of nitrogens with zero attached hydrogens (tertiary/aromatic N) is 2. The summed E-state index contributed by atoms with van der Waals surface area (Å²) >= 11 is 0. The summed E-state index contributed by atoms with van der Waals surface area (Å²) in [6.07, 6.45) is 6.11. The predicted molar refractivity (Wildman–Crippen MR) is 78.1 cm³/mol. The quantitative estimate of drug-likeness (QED) is 0.616. The zero-order chi connectivity index (χ0) is 13.2. The van der Waals surface area contributed by atoms with E-state index in [4.69, 9.17) is 5.21 Å². The molecule has 1 aliphatic carbocycles. The van der Waals surface area contributed by atoms with Crippen molar-refractivity contribution in [3.05, 3.63) is 29.8 Å². The van der Waals surface area contributed by atoms with Gasteiger partial charge in [0.05, 0.1) is 5.71 Å². The fraction of sp³-hybridized carbons (Fsp3) is 0.562. The van der Waals surface area contributed by atoms with Crippen LogP contribution in [0.25, 0.3) is 0 Å². The zero-order valence-corrected chi connectivity index (χ0v) is 11.5. The van der Waals surface area contributed by atoms with E-state index in [1.807, 2.05) is 6.07 Å². The van der Waals surface area contributed by atoms with Crippen molar-refractivity contribution in [3.63, 3.8) is 0 Å². The first kappa shape index (κ1) is 12.5. The molecule has 19 heavy (non-hydrogen) atoms. The van der Waals surface area contributed by atoms with E-state index in [1.165, 1.54) is 31.4 Å². The van der Waals surface area contributed by atoms with Crippen LogP contribution in [0.1, 0.15) is 44.6 Å². The minimum absolute atomic E-state index is 0.664. The van der Waals surface area contributed by atoms with E-state index in [9.17, 15) is 0 Å². The summed E-state index contributed by atoms with van der Waals surface area (Å²) in [7, 11) is 0. The summed E-state index contributed by atoms with van der Waals surface area (Å²) in [4.78, 5) is 2.54. The molecule has 1 N–H and O–H groups in total. The Balaban J connectivity index is 1.88. The van der Waals surface area contributed by atoms with E-state index in [1.54, 1.807) is 0 Å². The standard InChI is InChI=1S/C16H22N2O/c1-12-6-8-13(9-7-12)18-11-10-15(17-19)14-4-2-3-5-16(14)18/h2-5,12-13,19H,6-11H2,1H3. The number of fused-ring (bicyclic) bond motifs is 1. The van der Waals surface area contributed by atoms with Crippen LogP contribution in [0.4, 0.5) is 5.69 Å². The largest absolute Gasteiger partial charge is 0.411 e. The number of benzene rings is 1. The number of oxime groups is 1. The van der Waals surface area contributed by atoms with Gasteiger partial charge in [0.15, 0.2) is 0 Å². The van der Waals surface area contributed by atoms with Gasteiger partial charge in [-0.25, -0.2) is 0 Å². The summed E-state index contributed by atoms with van der Waals surface area (Å²) in [5.41, 5.74) is 3.19. The van der Waals surface area contributed by atoms with Crippen LogP contribution in [0.2, 0.25) is 0 Å². The lowest BCUT2D eigenvalue weighted by Crippen LogP contribution is -2.42. The first-order valence-electron chi connectivity index (χ1n) is 7.36. The third kappa shape index (κ3) is 2.34. The van der Waals surface area contributed by atoms with Crippen molar-refractivity contribution in [2.75, 3.05) is 11.4 Å². The molecule has 3 nitrogen and oxygen atoms in total. The summed E-state index contributed by atoms with van der Waals surface area (Å²) in [5, 5.41) is 12.6. The fourth-order valence-corrected chi connectivity index (χ4v) is 3.49. The van der Waals surface area contributed by atoms with E-state index in [2.05, 4.69) is 35.2 Å². The highest BCUT2D eigenvalue weighted by Gasteiger charge is 2.29. The molecule has 3 rings (SSSR count). The molecule has 1 aromatic carbocycles. The second-order valence-corrected chi connectivity index (χ2v) is 5.92. The van der Waals surface area contributed by atoms with Gasteiger partial charge in [-0.05, 0) is 37.7 Å². The fourth-order valence-electron chi connectivity index (χ4n) is 3.49. The highest BCUT2D eigenvalue weighted by molar-refractivity contribution is 6.06. The lowest BCUT2D eigenvalue weighted by Gasteiger charge is -2.41. The molecule has 102 valence electrons. The monoisotopic (exact) mass is 258 g/mol. The van der Waals surface area contributed by atoms with Crippen LogP contribution >= 0.6 is 0 Å². The van der Waals surface area contributed by atoms with Crippen molar-refractivity contribution in [2.24, 2.45) is 11.1 Å². The first-order chi connectivity index (χ1) is 9.29. The molecular weight excluding hydrogens is 236 g/mol. The van der Waals surface area contributed by atoms with Crippen molar-refractivity contribution < 1.29 is 5.21 Å². The Hall–Kier alpha value is -1.51. The van der Waals surface area contributed by atoms with Crippen LogP contribution in [0.5, 0.6) is 0 Å². The summed E-state index contributed by atoms with van der Waals surface area (Å²) in [6.45, 7) is 3.34. The third-order valence-corrected chi connectivity index (χ3v) is 4.66. The second-order valence-electron chi connectivity index (χ2n) is 5.92. The van der Waals surface area contributed by atoms with Crippen molar-refractivity contribution in [2.45, 2.75) is 45.1 Å². The molecule has 0 atom stereocenters. The van der Waals surface area contributed by atoms with E-state index >= 15 is 0 Å². The number of rotatable bonds is 1. The van der Waals surface area contributed by atoms with Crippen molar-refractivity contribution in [3.8, 4) is 0 Å². The molecule has 1 heterocycles. The molecule has 0 saturated heterocycles.